The van der Waals surface area contributed by atoms with Gasteiger partial charge in [-0.25, -0.2) is 0 Å². The fourth-order valence-corrected chi connectivity index (χ4v) is 2.88. The number of aromatic nitrogens is 3. The number of halogens is 2. The van der Waals surface area contributed by atoms with E-state index in [-0.39, 0.29) is 6.10 Å². The van der Waals surface area contributed by atoms with Crippen LogP contribution in [-0.4, -0.2) is 27.9 Å². The summed E-state index contributed by atoms with van der Waals surface area (Å²) in [6.45, 7) is 2.99. The molecule has 2 heterocycles. The van der Waals surface area contributed by atoms with Crippen LogP contribution in [0, 0.1) is 15.3 Å². The summed E-state index contributed by atoms with van der Waals surface area (Å²) in [4.78, 5) is 12.2. The Balaban J connectivity index is 0.000000471. The Bertz CT molecular complexity index is 696. The van der Waals surface area contributed by atoms with Gasteiger partial charge in [-0.1, -0.05) is 29.3 Å². The number of ether oxygens (including phenoxy) is 2. The standard InChI is InChI=1S/C13H13Cl2N3O2.NO3/c1-13(11-3-2-9(14)4-12(11)15)19-6-10(20-13)5-18-8-16-7-17-18;2-1(3)4/h2-4,7-8,10H,5-6H2,1H3;/q;-1/p+1. The Labute approximate surface area is 146 Å². The first-order valence-corrected chi connectivity index (χ1v) is 7.52. The largest absolute Gasteiger partial charge is 0.356 e. The molecule has 130 valence electrons. The van der Waals surface area contributed by atoms with Gasteiger partial charge in [0.1, 0.15) is 12.6 Å². The van der Waals surface area contributed by atoms with Crippen LogP contribution in [0.4, 0.5) is 0 Å². The number of nitrogens with zero attached hydrogens (tertiary/aromatic N) is 3. The van der Waals surface area contributed by atoms with Gasteiger partial charge in [0.05, 0.1) is 16.7 Å². The molecule has 1 aromatic carbocycles. The molecule has 3 rings (SSSR count). The first kappa shape index (κ1) is 18.4. The van der Waals surface area contributed by atoms with Crippen LogP contribution < -0.4 is 4.68 Å². The summed E-state index contributed by atoms with van der Waals surface area (Å²) in [7, 11) is 0. The molecule has 9 nitrogen and oxygen atoms in total. The number of rotatable bonds is 3. The smallest absolute Gasteiger partial charge is 0.306 e. The molecule has 1 saturated heterocycles. The molecule has 0 radical (unpaired) electrons. The van der Waals surface area contributed by atoms with Crippen molar-refractivity contribution in [2.45, 2.75) is 25.4 Å². The van der Waals surface area contributed by atoms with Crippen LogP contribution in [-0.2, 0) is 21.8 Å². The highest BCUT2D eigenvalue weighted by Crippen LogP contribution is 2.38. The van der Waals surface area contributed by atoms with Crippen molar-refractivity contribution in [3.05, 3.63) is 61.8 Å². The van der Waals surface area contributed by atoms with E-state index in [1.165, 1.54) is 0 Å². The van der Waals surface area contributed by atoms with Crippen molar-refractivity contribution in [1.29, 1.82) is 0 Å². The maximum atomic E-state index is 8.25. The van der Waals surface area contributed by atoms with Crippen LogP contribution in [0.2, 0.25) is 10.0 Å². The normalized spacial score (nSPS) is 22.7. The second kappa shape index (κ2) is 7.75. The zero-order valence-electron chi connectivity index (χ0n) is 12.5. The summed E-state index contributed by atoms with van der Waals surface area (Å²) in [5.74, 6) is -0.854. The molecule has 1 fully saturated rings. The lowest BCUT2D eigenvalue weighted by Crippen LogP contribution is -2.42. The summed E-state index contributed by atoms with van der Waals surface area (Å²) in [5.41, 5.74) is 0.778. The van der Waals surface area contributed by atoms with Gasteiger partial charge in [0.25, 0.3) is 0 Å². The molecule has 0 spiro atoms. The molecule has 2 unspecified atom stereocenters. The summed E-state index contributed by atoms with van der Waals surface area (Å²) in [6.07, 6.45) is 3.25. The number of nitrogens with one attached hydrogen (secondary N) is 1. The van der Waals surface area contributed by atoms with Gasteiger partial charge in [-0.2, -0.15) is 9.78 Å². The third-order valence-corrected chi connectivity index (χ3v) is 3.81. The second-order valence-corrected chi connectivity index (χ2v) is 5.86. The van der Waals surface area contributed by atoms with E-state index in [0.717, 1.165) is 5.56 Å². The summed E-state index contributed by atoms with van der Waals surface area (Å²) >= 11 is 12.1. The maximum absolute atomic E-state index is 8.25. The van der Waals surface area contributed by atoms with Gasteiger partial charge < -0.3 is 24.8 Å². The van der Waals surface area contributed by atoms with Gasteiger partial charge in [0, 0.05) is 10.6 Å². The fourth-order valence-electron chi connectivity index (χ4n) is 2.30. The van der Waals surface area contributed by atoms with Gasteiger partial charge in [0.15, 0.2) is 5.79 Å². The molecule has 24 heavy (non-hydrogen) atoms. The summed E-state index contributed by atoms with van der Waals surface area (Å²) in [6, 6.07) is 5.29. The highest BCUT2D eigenvalue weighted by Gasteiger charge is 2.41. The first-order chi connectivity index (χ1) is 11.3. The molecule has 1 N–H and O–H groups in total. The number of benzene rings is 1. The lowest BCUT2D eigenvalue weighted by molar-refractivity contribution is -0.756. The Morgan fingerprint density at radius 2 is 2.21 bits per heavy atom. The van der Waals surface area contributed by atoms with Gasteiger partial charge in [0.2, 0.25) is 6.33 Å². The molecular formula is C13H14Cl2N4O5. The van der Waals surface area contributed by atoms with Crippen LogP contribution in [0.25, 0.3) is 0 Å². The Hall–Kier alpha value is -1.94. The van der Waals surface area contributed by atoms with E-state index < -0.39 is 10.9 Å². The molecule has 1 aliphatic rings. The van der Waals surface area contributed by atoms with E-state index in [1.807, 2.05) is 17.7 Å². The van der Waals surface area contributed by atoms with E-state index >= 15 is 0 Å². The highest BCUT2D eigenvalue weighted by molar-refractivity contribution is 6.35. The minimum Gasteiger partial charge on any atom is -0.356 e. The van der Waals surface area contributed by atoms with Crippen LogP contribution in [0.15, 0.2) is 30.9 Å². The molecule has 1 aliphatic heterocycles. The Kier molecular flexibility index (Phi) is 5.94. The highest BCUT2D eigenvalue weighted by atomic mass is 35.5. The van der Waals surface area contributed by atoms with Crippen molar-refractivity contribution in [1.82, 2.24) is 10.1 Å². The first-order valence-electron chi connectivity index (χ1n) is 6.77. The predicted octanol–water partition coefficient (Wildman–Crippen LogP) is 2.05. The van der Waals surface area contributed by atoms with Crippen molar-refractivity contribution in [2.24, 2.45) is 0 Å². The van der Waals surface area contributed by atoms with Crippen LogP contribution in [0.3, 0.4) is 0 Å². The van der Waals surface area contributed by atoms with E-state index in [1.54, 1.807) is 24.8 Å². The SMILES string of the molecule is CC1(c2ccc(Cl)cc2Cl)OCC(C[n+]2cnc[nH]2)O1.O=[N+]([O-])[O-]. The molecule has 11 heteroatoms. The fraction of sp³-hybridized carbons (Fsp3) is 0.385. The molecule has 0 bridgehead atoms. The van der Waals surface area contributed by atoms with Crippen LogP contribution >= 0.6 is 23.2 Å². The van der Waals surface area contributed by atoms with Crippen molar-refractivity contribution >= 4 is 23.2 Å². The topological polar surface area (TPSA) is 117 Å². The average Bonchev–Trinajstić information content (AvgIpc) is 3.09. The Morgan fingerprint density at radius 1 is 1.50 bits per heavy atom. The number of H-pyrrole nitrogens is 1. The Morgan fingerprint density at radius 3 is 2.79 bits per heavy atom. The van der Waals surface area contributed by atoms with Gasteiger partial charge in [-0.05, 0) is 24.0 Å². The van der Waals surface area contributed by atoms with Crippen molar-refractivity contribution in [3.63, 3.8) is 0 Å². The molecule has 0 amide bonds. The van der Waals surface area contributed by atoms with Crippen molar-refractivity contribution in [3.8, 4) is 0 Å². The number of hydrogen-bond donors (Lipinski definition) is 1. The van der Waals surface area contributed by atoms with E-state index in [2.05, 4.69) is 10.1 Å². The molecule has 0 saturated carbocycles. The van der Waals surface area contributed by atoms with Crippen LogP contribution in [0.1, 0.15) is 12.5 Å². The van der Waals surface area contributed by atoms with Gasteiger partial charge in [-0.3, -0.25) is 0 Å². The lowest BCUT2D eigenvalue weighted by Gasteiger charge is -2.24. The maximum Gasteiger partial charge on any atom is 0.306 e. The third-order valence-electron chi connectivity index (χ3n) is 3.26. The minimum absolute atomic E-state index is 0.0720. The molecule has 2 atom stereocenters. The third kappa shape index (κ3) is 4.78. The average molecular weight is 377 g/mol. The minimum atomic E-state index is -1.75. The quantitative estimate of drug-likeness (QED) is 0.497. The molecule has 1 aromatic heterocycles. The zero-order valence-corrected chi connectivity index (χ0v) is 14.0. The van der Waals surface area contributed by atoms with E-state index in [9.17, 15) is 0 Å². The molecular weight excluding hydrogens is 363 g/mol. The molecule has 2 aromatic rings. The number of hydrogen-bond acceptors (Lipinski definition) is 6. The van der Waals surface area contributed by atoms with Gasteiger partial charge >= 0.3 is 6.33 Å². The van der Waals surface area contributed by atoms with E-state index in [4.69, 9.17) is 48.0 Å². The lowest BCUT2D eigenvalue weighted by atomic mass is 10.1. The number of aromatic amines is 1. The molecule has 0 aliphatic carbocycles. The van der Waals surface area contributed by atoms with Gasteiger partial charge in [-0.15, -0.1) is 0 Å². The van der Waals surface area contributed by atoms with Crippen LogP contribution in [0.5, 0.6) is 0 Å². The summed E-state index contributed by atoms with van der Waals surface area (Å²) < 4.78 is 13.7. The predicted molar refractivity (Wildman–Crippen MR) is 83.8 cm³/mol. The van der Waals surface area contributed by atoms with E-state index in [0.29, 0.717) is 23.2 Å². The monoisotopic (exact) mass is 376 g/mol. The summed E-state index contributed by atoms with van der Waals surface area (Å²) in [5, 5.41) is 18.9. The second-order valence-electron chi connectivity index (χ2n) is 5.02. The zero-order chi connectivity index (χ0) is 17.7. The van der Waals surface area contributed by atoms with Crippen molar-refractivity contribution in [2.75, 3.05) is 6.61 Å². The van der Waals surface area contributed by atoms with Crippen molar-refractivity contribution < 1.29 is 19.2 Å².